The standard InChI is InChI=1S/C6H6N6O2.C6H9N5O2.C4H6N4O/c1-11-6(14)12-2-8-3(4(7)13)5(12)9-10-11;1-9-6(13)11-2-10-3(4(11)7)5(8)12;5-3-2(4(6)9)7-1-8-3/h2H,1H3,(H2,7,13);2H,7H2,1H3,(H2,8,12)(H,9,13);1H,5H2,(H2,6,9)(H,7,8). The molecule has 4 rings (SSSR count). The zero-order valence-electron chi connectivity index (χ0n) is 18.7. The second kappa shape index (κ2) is 10.9. The van der Waals surface area contributed by atoms with Crippen LogP contribution in [0.15, 0.2) is 23.8 Å². The summed E-state index contributed by atoms with van der Waals surface area (Å²) in [5, 5.41) is 9.47. The summed E-state index contributed by atoms with van der Waals surface area (Å²) >= 11 is 0. The predicted octanol–water partition coefficient (Wildman–Crippen LogP) is -4.24. The molecule has 20 heteroatoms. The van der Waals surface area contributed by atoms with E-state index < -0.39 is 29.4 Å². The summed E-state index contributed by atoms with van der Waals surface area (Å²) in [4.78, 5) is 67.6. The fourth-order valence-electron chi connectivity index (χ4n) is 2.39. The number of amides is 4. The Morgan fingerprint density at radius 3 is 2.00 bits per heavy atom. The molecule has 12 N–H and O–H groups in total. The molecule has 0 saturated carbocycles. The van der Waals surface area contributed by atoms with Crippen molar-refractivity contribution in [2.45, 2.75) is 0 Å². The Hall–Kier alpha value is -5.82. The minimum Gasteiger partial charge on any atom is -0.383 e. The molecule has 4 aromatic heterocycles. The minimum atomic E-state index is -0.764. The Kier molecular flexibility index (Phi) is 7.98. The summed E-state index contributed by atoms with van der Waals surface area (Å²) in [5.41, 5.74) is 25.1. The zero-order valence-corrected chi connectivity index (χ0v) is 18.7. The molecule has 36 heavy (non-hydrogen) atoms. The van der Waals surface area contributed by atoms with Gasteiger partial charge < -0.3 is 39.0 Å². The second-order valence-electron chi connectivity index (χ2n) is 6.44. The first-order valence-electron chi connectivity index (χ1n) is 9.40. The van der Waals surface area contributed by atoms with E-state index in [2.05, 4.69) is 35.6 Å². The van der Waals surface area contributed by atoms with E-state index in [-0.39, 0.29) is 34.4 Å². The van der Waals surface area contributed by atoms with Gasteiger partial charge in [0, 0.05) is 14.1 Å². The van der Waals surface area contributed by atoms with Crippen LogP contribution in [0.25, 0.3) is 5.65 Å². The van der Waals surface area contributed by atoms with Crippen molar-refractivity contribution in [3.05, 3.63) is 46.5 Å². The number of nitrogens with zero attached hydrogens (tertiary/aromatic N) is 8. The molecule has 190 valence electrons. The van der Waals surface area contributed by atoms with Crippen LogP contribution in [0.4, 0.5) is 16.4 Å². The molecule has 4 amide bonds. The van der Waals surface area contributed by atoms with E-state index in [1.54, 1.807) is 0 Å². The van der Waals surface area contributed by atoms with Crippen molar-refractivity contribution in [2.75, 3.05) is 18.5 Å². The fraction of sp³-hybridized carbons (Fsp3) is 0.125. The number of hydrogen-bond acceptors (Lipinski definition) is 12. The number of rotatable bonds is 3. The van der Waals surface area contributed by atoms with Crippen molar-refractivity contribution in [2.24, 2.45) is 24.2 Å². The van der Waals surface area contributed by atoms with Crippen molar-refractivity contribution < 1.29 is 19.2 Å². The first kappa shape index (κ1) is 26.4. The first-order chi connectivity index (χ1) is 16.9. The number of imidazole rings is 3. The predicted molar refractivity (Wildman–Crippen MR) is 121 cm³/mol. The Balaban J connectivity index is 0.000000195. The molecule has 0 saturated heterocycles. The normalized spacial score (nSPS) is 9.94. The Morgan fingerprint density at radius 2 is 1.56 bits per heavy atom. The first-order valence-corrected chi connectivity index (χ1v) is 9.40. The second-order valence-corrected chi connectivity index (χ2v) is 6.44. The molecule has 0 atom stereocenters. The van der Waals surface area contributed by atoms with E-state index in [0.717, 1.165) is 20.0 Å². The summed E-state index contributed by atoms with van der Waals surface area (Å²) < 4.78 is 3.13. The molecule has 0 unspecified atom stereocenters. The van der Waals surface area contributed by atoms with Gasteiger partial charge in [0.2, 0.25) is 0 Å². The Labute approximate surface area is 199 Å². The molecule has 4 aromatic rings. The van der Waals surface area contributed by atoms with E-state index in [9.17, 15) is 24.0 Å². The molecule has 0 aliphatic carbocycles. The highest BCUT2D eigenvalue weighted by Gasteiger charge is 2.16. The number of carbonyl (C=O) groups is 4. The van der Waals surface area contributed by atoms with Gasteiger partial charge in [0.05, 0.1) is 6.33 Å². The monoisotopic (exact) mass is 503 g/mol. The number of aromatic amines is 1. The number of carbonyl (C=O) groups excluding carboxylic acids is 4. The number of primary amides is 3. The highest BCUT2D eigenvalue weighted by molar-refractivity contribution is 5.97. The summed E-state index contributed by atoms with van der Waals surface area (Å²) in [6.45, 7) is 0. The number of anilines is 2. The zero-order chi connectivity index (χ0) is 27.2. The van der Waals surface area contributed by atoms with Crippen molar-refractivity contribution >= 4 is 41.0 Å². The van der Waals surface area contributed by atoms with Crippen LogP contribution in [0.3, 0.4) is 0 Å². The lowest BCUT2D eigenvalue weighted by molar-refractivity contribution is 0.0988. The van der Waals surface area contributed by atoms with Gasteiger partial charge in [-0.05, 0) is 0 Å². The maximum absolute atomic E-state index is 11.4. The number of fused-ring (bicyclic) bond motifs is 1. The maximum atomic E-state index is 11.4. The molecular weight excluding hydrogens is 482 g/mol. The molecule has 4 heterocycles. The number of hydrogen-bond donors (Lipinski definition) is 7. The molecule has 0 aliphatic heterocycles. The number of aryl methyl sites for hydroxylation is 1. The Morgan fingerprint density at radius 1 is 0.944 bits per heavy atom. The summed E-state index contributed by atoms with van der Waals surface area (Å²) in [7, 11) is 2.88. The highest BCUT2D eigenvalue weighted by Crippen LogP contribution is 2.08. The van der Waals surface area contributed by atoms with Crippen LogP contribution >= 0.6 is 0 Å². The summed E-state index contributed by atoms with van der Waals surface area (Å²) in [6, 6.07) is -0.475. The van der Waals surface area contributed by atoms with E-state index in [1.807, 2.05) is 0 Å². The van der Waals surface area contributed by atoms with E-state index in [4.69, 9.17) is 28.7 Å². The number of aromatic nitrogens is 9. The lowest BCUT2D eigenvalue weighted by atomic mass is 10.4. The molecule has 20 nitrogen and oxygen atoms in total. The van der Waals surface area contributed by atoms with Crippen LogP contribution in [0.5, 0.6) is 0 Å². The van der Waals surface area contributed by atoms with Gasteiger partial charge in [0.25, 0.3) is 17.7 Å². The molecule has 0 spiro atoms. The van der Waals surface area contributed by atoms with Crippen LogP contribution in [0.2, 0.25) is 0 Å². The smallest absolute Gasteiger partial charge is 0.352 e. The van der Waals surface area contributed by atoms with Crippen molar-refractivity contribution in [1.29, 1.82) is 0 Å². The van der Waals surface area contributed by atoms with Gasteiger partial charge in [0.15, 0.2) is 22.9 Å². The van der Waals surface area contributed by atoms with Crippen molar-refractivity contribution in [3.8, 4) is 0 Å². The highest BCUT2D eigenvalue weighted by atomic mass is 16.2. The minimum absolute atomic E-state index is 0.0600. The number of nitrogens with two attached hydrogens (primary N) is 5. The van der Waals surface area contributed by atoms with E-state index in [0.29, 0.717) is 0 Å². The quantitative estimate of drug-likeness (QED) is 0.140. The molecule has 0 aromatic carbocycles. The van der Waals surface area contributed by atoms with Gasteiger partial charge in [-0.2, -0.15) is 4.68 Å². The van der Waals surface area contributed by atoms with Crippen LogP contribution in [-0.4, -0.2) is 74.7 Å². The fourth-order valence-corrected chi connectivity index (χ4v) is 2.39. The van der Waals surface area contributed by atoms with Crippen LogP contribution in [-0.2, 0) is 7.05 Å². The van der Waals surface area contributed by atoms with Gasteiger partial charge in [-0.1, -0.05) is 5.21 Å². The maximum Gasteiger partial charge on any atom is 0.352 e. The van der Waals surface area contributed by atoms with Crippen LogP contribution < -0.4 is 39.7 Å². The average molecular weight is 503 g/mol. The van der Waals surface area contributed by atoms with Gasteiger partial charge >= 0.3 is 11.7 Å². The average Bonchev–Trinajstić information content (AvgIpc) is 3.54. The Bertz CT molecular complexity index is 1490. The third-order valence-corrected chi connectivity index (χ3v) is 4.12. The van der Waals surface area contributed by atoms with Crippen LogP contribution in [0, 0.1) is 0 Å². The largest absolute Gasteiger partial charge is 0.383 e. The van der Waals surface area contributed by atoms with E-state index >= 15 is 0 Å². The molecule has 0 radical (unpaired) electrons. The number of nitrogens with one attached hydrogen (secondary N) is 2. The van der Waals surface area contributed by atoms with Crippen molar-refractivity contribution in [3.63, 3.8) is 0 Å². The third-order valence-electron chi connectivity index (χ3n) is 4.12. The van der Waals surface area contributed by atoms with Crippen LogP contribution in [0.1, 0.15) is 31.5 Å². The van der Waals surface area contributed by atoms with E-state index in [1.165, 1.54) is 26.7 Å². The number of nitrogen functional groups attached to an aromatic ring is 2. The SMILES string of the molecule is CNC(=O)n1cnc(C(N)=O)c1N.Cn1nnc2c(C(N)=O)ncn2c1=O.NC(=O)c1[nH]cnc1N. The van der Waals surface area contributed by atoms with Crippen molar-refractivity contribution in [1.82, 2.24) is 49.2 Å². The third kappa shape index (κ3) is 5.56. The van der Waals surface area contributed by atoms with Gasteiger partial charge in [-0.3, -0.25) is 14.4 Å². The van der Waals surface area contributed by atoms with Gasteiger partial charge in [-0.25, -0.2) is 33.5 Å². The summed E-state index contributed by atoms with van der Waals surface area (Å²) in [5.74, 6) is -2.02. The van der Waals surface area contributed by atoms with Gasteiger partial charge in [0.1, 0.15) is 24.2 Å². The lowest BCUT2D eigenvalue weighted by Crippen LogP contribution is -2.27. The topological polar surface area (TPSA) is 322 Å². The number of H-pyrrole nitrogens is 1. The lowest BCUT2D eigenvalue weighted by Gasteiger charge is -2.01. The molecule has 0 aliphatic rings. The van der Waals surface area contributed by atoms with Gasteiger partial charge in [-0.15, -0.1) is 5.10 Å². The molecule has 0 bridgehead atoms. The molecular formula is C16H21N15O5. The molecule has 0 fully saturated rings. The summed E-state index contributed by atoms with van der Waals surface area (Å²) in [6.07, 6.45) is 3.64.